The molecule has 198 valence electrons. The third kappa shape index (κ3) is 3.52. The highest BCUT2D eigenvalue weighted by Gasteiger charge is 2.88. The molecular formula is C23H12BrCl6N3O5. The van der Waals surface area contributed by atoms with Crippen LogP contribution >= 0.6 is 85.5 Å². The summed E-state index contributed by atoms with van der Waals surface area (Å²) in [5, 5.41) is 12.3. The summed E-state index contributed by atoms with van der Waals surface area (Å²) in [4.78, 5) is 48.0. The van der Waals surface area contributed by atoms with Crippen molar-refractivity contribution in [2.24, 2.45) is 11.8 Å². The van der Waals surface area contributed by atoms with Crippen LogP contribution in [0.2, 0.25) is 0 Å². The van der Waals surface area contributed by atoms with Crippen LogP contribution in [-0.4, -0.2) is 46.7 Å². The molecule has 2 aromatic rings. The number of imide groups is 1. The first-order chi connectivity index (χ1) is 17.7. The quantitative estimate of drug-likeness (QED) is 0.156. The number of hydrogen-bond donors (Lipinski definition) is 0. The van der Waals surface area contributed by atoms with E-state index in [1.807, 2.05) is 0 Å². The number of amides is 3. The van der Waals surface area contributed by atoms with Crippen molar-refractivity contribution >= 4 is 109 Å². The number of fused-ring (bicyclic) bond motifs is 5. The molecule has 0 radical (unpaired) electrons. The molecule has 2 aliphatic carbocycles. The van der Waals surface area contributed by atoms with Crippen molar-refractivity contribution in [1.82, 2.24) is 10.0 Å². The largest absolute Gasteiger partial charge is 0.273 e. The van der Waals surface area contributed by atoms with Gasteiger partial charge in [0.05, 0.1) is 33.4 Å². The molecule has 2 bridgehead atoms. The number of non-ortho nitro benzene ring substituents is 1. The second kappa shape index (κ2) is 9.23. The predicted octanol–water partition coefficient (Wildman–Crippen LogP) is 6.36. The van der Waals surface area contributed by atoms with Gasteiger partial charge in [-0.3, -0.25) is 24.5 Å². The average molecular weight is 703 g/mol. The average Bonchev–Trinajstić information content (AvgIpc) is 3.26. The zero-order valence-corrected chi connectivity index (χ0v) is 24.6. The van der Waals surface area contributed by atoms with Crippen LogP contribution < -0.4 is 0 Å². The van der Waals surface area contributed by atoms with Gasteiger partial charge in [0.25, 0.3) is 23.4 Å². The van der Waals surface area contributed by atoms with E-state index in [1.165, 1.54) is 18.2 Å². The maximum Gasteiger partial charge on any atom is 0.273 e. The van der Waals surface area contributed by atoms with Gasteiger partial charge in [-0.1, -0.05) is 80.5 Å². The van der Waals surface area contributed by atoms with E-state index in [-0.39, 0.29) is 27.9 Å². The molecule has 0 aromatic heterocycles. The summed E-state index contributed by atoms with van der Waals surface area (Å²) >= 11 is 42.7. The monoisotopic (exact) mass is 699 g/mol. The highest BCUT2D eigenvalue weighted by molar-refractivity contribution is 9.10. The molecule has 3 amide bonds. The standard InChI is InChI=1S/C23H12BrCl6N3O5/c24-12-6-4-10(5-7-12)9-31(18(34)11-2-1-3-13(8-11)33(37)38)32-19(35)14-15(20(32)36)22(28)17(26)16(25)21(14,27)23(22,29)30/h1-8,14-15H,9H2/t14-,15-,21-,22-/m1/s1. The minimum absolute atomic E-state index is 0.142. The zero-order valence-electron chi connectivity index (χ0n) is 18.5. The van der Waals surface area contributed by atoms with Crippen molar-refractivity contribution < 1.29 is 19.3 Å². The van der Waals surface area contributed by atoms with Crippen molar-refractivity contribution in [2.45, 2.75) is 20.6 Å². The number of halogens is 7. The number of hydrazine groups is 1. The number of benzene rings is 2. The van der Waals surface area contributed by atoms with E-state index in [2.05, 4.69) is 15.9 Å². The molecule has 1 saturated carbocycles. The molecule has 5 rings (SSSR count). The predicted molar refractivity (Wildman–Crippen MR) is 146 cm³/mol. The van der Waals surface area contributed by atoms with Gasteiger partial charge < -0.3 is 0 Å². The Morgan fingerprint density at radius 1 is 0.974 bits per heavy atom. The third-order valence-corrected chi connectivity index (χ3v) is 11.7. The number of carbonyl (C=O) groups is 3. The first kappa shape index (κ1) is 28.0. The van der Waals surface area contributed by atoms with Gasteiger partial charge in [-0.25, -0.2) is 5.01 Å². The Labute approximate surface area is 253 Å². The fourth-order valence-electron chi connectivity index (χ4n) is 5.12. The number of hydrogen-bond acceptors (Lipinski definition) is 5. The lowest BCUT2D eigenvalue weighted by Crippen LogP contribution is -2.55. The van der Waals surface area contributed by atoms with Crippen LogP contribution in [0.5, 0.6) is 0 Å². The van der Waals surface area contributed by atoms with Crippen molar-refractivity contribution in [3.63, 3.8) is 0 Å². The van der Waals surface area contributed by atoms with Crippen molar-refractivity contribution in [3.05, 3.63) is 84.3 Å². The van der Waals surface area contributed by atoms with Crippen LogP contribution in [0.15, 0.2) is 63.1 Å². The fourth-order valence-corrected chi connectivity index (χ4v) is 8.31. The molecule has 3 aliphatic rings. The van der Waals surface area contributed by atoms with Gasteiger partial charge in [0, 0.05) is 22.2 Å². The number of allylic oxidation sites excluding steroid dienone is 2. The minimum atomic E-state index is -2.13. The van der Waals surface area contributed by atoms with Crippen molar-refractivity contribution in [2.75, 3.05) is 0 Å². The van der Waals surface area contributed by atoms with E-state index in [0.29, 0.717) is 10.6 Å². The summed E-state index contributed by atoms with van der Waals surface area (Å²) in [5.74, 6) is -5.64. The molecule has 8 nitrogen and oxygen atoms in total. The van der Waals surface area contributed by atoms with Crippen LogP contribution in [0.3, 0.4) is 0 Å². The highest BCUT2D eigenvalue weighted by atomic mass is 79.9. The minimum Gasteiger partial charge on any atom is -0.272 e. The Hall–Kier alpha value is -1.59. The van der Waals surface area contributed by atoms with Gasteiger partial charge in [0.2, 0.25) is 0 Å². The molecule has 2 aromatic carbocycles. The van der Waals surface area contributed by atoms with E-state index >= 15 is 0 Å². The maximum atomic E-state index is 13.9. The summed E-state index contributed by atoms with van der Waals surface area (Å²) in [5.41, 5.74) is 0.0352. The molecule has 1 aliphatic heterocycles. The lowest BCUT2D eigenvalue weighted by Gasteiger charge is -2.37. The van der Waals surface area contributed by atoms with Gasteiger partial charge in [-0.2, -0.15) is 5.01 Å². The summed E-state index contributed by atoms with van der Waals surface area (Å²) in [6, 6.07) is 11.6. The van der Waals surface area contributed by atoms with Crippen LogP contribution in [0.25, 0.3) is 0 Å². The Bertz CT molecular complexity index is 1420. The number of nitro groups is 1. The summed E-state index contributed by atoms with van der Waals surface area (Å²) in [6.45, 7) is -0.266. The van der Waals surface area contributed by atoms with E-state index in [4.69, 9.17) is 69.6 Å². The topological polar surface area (TPSA) is 101 Å². The molecule has 0 unspecified atom stereocenters. The highest BCUT2D eigenvalue weighted by Crippen LogP contribution is 2.77. The van der Waals surface area contributed by atoms with Crippen molar-refractivity contribution in [3.8, 4) is 0 Å². The zero-order chi connectivity index (χ0) is 27.9. The second-order valence-electron chi connectivity index (χ2n) is 8.87. The van der Waals surface area contributed by atoms with Crippen LogP contribution in [0.1, 0.15) is 15.9 Å². The van der Waals surface area contributed by atoms with Gasteiger partial charge >= 0.3 is 0 Å². The third-order valence-electron chi connectivity index (χ3n) is 6.91. The molecule has 1 saturated heterocycles. The Morgan fingerprint density at radius 2 is 1.50 bits per heavy atom. The molecule has 0 spiro atoms. The molecule has 4 atom stereocenters. The van der Waals surface area contributed by atoms with Gasteiger partial charge in [0.15, 0.2) is 4.33 Å². The summed E-state index contributed by atoms with van der Waals surface area (Å²) in [7, 11) is 0. The Balaban J connectivity index is 1.62. The molecule has 15 heteroatoms. The first-order valence-corrected chi connectivity index (χ1v) is 13.8. The molecule has 0 N–H and O–H groups in total. The molecule has 2 fully saturated rings. The summed E-state index contributed by atoms with van der Waals surface area (Å²) < 4.78 is -1.38. The fraction of sp³-hybridized carbons (Fsp3) is 0.261. The number of rotatable bonds is 5. The first-order valence-electron chi connectivity index (χ1n) is 10.7. The van der Waals surface area contributed by atoms with E-state index in [1.54, 1.807) is 24.3 Å². The van der Waals surface area contributed by atoms with Crippen molar-refractivity contribution in [1.29, 1.82) is 0 Å². The molecule has 38 heavy (non-hydrogen) atoms. The second-order valence-corrected chi connectivity index (χ2v) is 13.1. The number of nitrogens with zero attached hydrogens (tertiary/aromatic N) is 3. The molecular weight excluding hydrogens is 691 g/mol. The van der Waals surface area contributed by atoms with Gasteiger partial charge in [0.1, 0.15) is 9.75 Å². The number of nitro benzene ring substituents is 1. The normalized spacial score (nSPS) is 29.2. The SMILES string of the molecule is O=C(c1cccc([N+](=O)[O-])c1)N(Cc1ccc(Br)cc1)N1C(=O)[C@H]2[C@H](C1=O)[C@@]1(Cl)C(Cl)=C(Cl)[C@@]2(Cl)C1(Cl)Cl. The Morgan fingerprint density at radius 3 is 2.00 bits per heavy atom. The lowest BCUT2D eigenvalue weighted by molar-refractivity contribution is -0.384. The van der Waals surface area contributed by atoms with E-state index in [9.17, 15) is 24.5 Å². The number of carbonyl (C=O) groups excluding carboxylic acids is 3. The lowest BCUT2D eigenvalue weighted by atomic mass is 9.84. The number of alkyl halides is 4. The van der Waals surface area contributed by atoms with Crippen LogP contribution in [0.4, 0.5) is 5.69 Å². The van der Waals surface area contributed by atoms with Gasteiger partial charge in [-0.05, 0) is 23.8 Å². The van der Waals surface area contributed by atoms with Crippen LogP contribution in [-0.2, 0) is 16.1 Å². The van der Waals surface area contributed by atoms with Gasteiger partial charge in [-0.15, -0.1) is 23.2 Å². The Kier molecular flexibility index (Phi) is 6.79. The van der Waals surface area contributed by atoms with Crippen LogP contribution in [0, 0.1) is 22.0 Å². The molecule has 1 heterocycles. The maximum absolute atomic E-state index is 13.9. The van der Waals surface area contributed by atoms with E-state index in [0.717, 1.165) is 15.5 Å². The summed E-state index contributed by atoms with van der Waals surface area (Å²) in [6.07, 6.45) is 0. The van der Waals surface area contributed by atoms with E-state index < -0.39 is 48.6 Å². The smallest absolute Gasteiger partial charge is 0.272 e.